The number of rotatable bonds is 5. The number of hydrogen-bond acceptors (Lipinski definition) is 3. The maximum Gasteiger partial charge on any atom is 0.136 e. The number of nitrogens with two attached hydrogens (primary N) is 1. The van der Waals surface area contributed by atoms with Crippen molar-refractivity contribution >= 4 is 33.9 Å². The Morgan fingerprint density at radius 3 is 2.81 bits per heavy atom. The summed E-state index contributed by atoms with van der Waals surface area (Å²) in [6, 6.07) is 10.1. The van der Waals surface area contributed by atoms with Crippen LogP contribution in [0.5, 0.6) is 0 Å². The number of benzene rings is 1. The predicted octanol–water partition coefficient (Wildman–Crippen LogP) is 3.86. The average molecular weight is 299 g/mol. The number of fused-ring (bicyclic) bond motifs is 1. The van der Waals surface area contributed by atoms with Gasteiger partial charge < -0.3 is 11.1 Å². The average Bonchev–Trinajstić information content (AvgIpc) is 2.99. The van der Waals surface area contributed by atoms with Crippen molar-refractivity contribution in [1.82, 2.24) is 4.98 Å². The van der Waals surface area contributed by atoms with Crippen molar-refractivity contribution in [3.05, 3.63) is 35.9 Å². The van der Waals surface area contributed by atoms with Gasteiger partial charge in [-0.1, -0.05) is 56.1 Å². The molecule has 0 unspecified atom stereocenters. The summed E-state index contributed by atoms with van der Waals surface area (Å²) in [5, 5.41) is 4.51. The van der Waals surface area contributed by atoms with E-state index in [9.17, 15) is 0 Å². The van der Waals surface area contributed by atoms with Crippen LogP contribution >= 0.6 is 12.2 Å². The molecule has 0 saturated heterocycles. The third-order valence-electron chi connectivity index (χ3n) is 4.31. The SMILES string of the molecule is NC(=S)c1cc2ccccc2nc1NCCC1CCCC1. The van der Waals surface area contributed by atoms with Crippen molar-refractivity contribution in [2.75, 3.05) is 11.9 Å². The lowest BCUT2D eigenvalue weighted by atomic mass is 10.0. The maximum atomic E-state index is 5.85. The van der Waals surface area contributed by atoms with Gasteiger partial charge in [0.05, 0.1) is 11.1 Å². The molecule has 1 aromatic heterocycles. The van der Waals surface area contributed by atoms with Crippen LogP contribution < -0.4 is 11.1 Å². The smallest absolute Gasteiger partial charge is 0.136 e. The van der Waals surface area contributed by atoms with Crippen molar-refractivity contribution in [2.24, 2.45) is 11.7 Å². The number of thiocarbonyl (C=S) groups is 1. The number of nitrogens with one attached hydrogen (secondary N) is 1. The second kappa shape index (κ2) is 6.39. The molecule has 3 rings (SSSR count). The summed E-state index contributed by atoms with van der Waals surface area (Å²) < 4.78 is 0. The maximum absolute atomic E-state index is 5.85. The van der Waals surface area contributed by atoms with Crippen molar-refractivity contribution in [3.63, 3.8) is 0 Å². The van der Waals surface area contributed by atoms with Gasteiger partial charge >= 0.3 is 0 Å². The molecule has 0 amide bonds. The fraction of sp³-hybridized carbons (Fsp3) is 0.412. The van der Waals surface area contributed by atoms with Crippen LogP contribution in [-0.2, 0) is 0 Å². The first kappa shape index (κ1) is 14.3. The molecule has 0 aliphatic heterocycles. The molecule has 3 nitrogen and oxygen atoms in total. The second-order valence-corrected chi connectivity index (χ2v) is 6.25. The van der Waals surface area contributed by atoms with E-state index < -0.39 is 0 Å². The Bertz CT molecular complexity index is 648. The van der Waals surface area contributed by atoms with Gasteiger partial charge in [0.2, 0.25) is 0 Å². The molecule has 1 aliphatic rings. The number of anilines is 1. The Morgan fingerprint density at radius 1 is 1.29 bits per heavy atom. The van der Waals surface area contributed by atoms with E-state index in [1.807, 2.05) is 30.3 Å². The van der Waals surface area contributed by atoms with Crippen molar-refractivity contribution in [2.45, 2.75) is 32.1 Å². The van der Waals surface area contributed by atoms with Gasteiger partial charge in [-0.25, -0.2) is 4.98 Å². The summed E-state index contributed by atoms with van der Waals surface area (Å²) >= 11 is 5.17. The Labute approximate surface area is 130 Å². The third-order valence-corrected chi connectivity index (χ3v) is 4.53. The van der Waals surface area contributed by atoms with Crippen LogP contribution in [0.15, 0.2) is 30.3 Å². The van der Waals surface area contributed by atoms with Gasteiger partial charge in [-0.15, -0.1) is 0 Å². The van der Waals surface area contributed by atoms with Gasteiger partial charge in [-0.2, -0.15) is 0 Å². The van der Waals surface area contributed by atoms with Crippen molar-refractivity contribution < 1.29 is 0 Å². The van der Waals surface area contributed by atoms with Crippen LogP contribution in [0, 0.1) is 5.92 Å². The van der Waals surface area contributed by atoms with E-state index in [0.717, 1.165) is 34.7 Å². The Kier molecular flexibility index (Phi) is 4.34. The Morgan fingerprint density at radius 2 is 2.05 bits per heavy atom. The van der Waals surface area contributed by atoms with Crippen molar-refractivity contribution in [3.8, 4) is 0 Å². The lowest BCUT2D eigenvalue weighted by Gasteiger charge is -2.14. The molecule has 110 valence electrons. The summed E-state index contributed by atoms with van der Waals surface area (Å²) in [4.78, 5) is 5.08. The first-order valence-corrected chi connectivity index (χ1v) is 8.08. The van der Waals surface area contributed by atoms with Gasteiger partial charge in [-0.3, -0.25) is 0 Å². The summed E-state index contributed by atoms with van der Waals surface area (Å²) in [6.07, 6.45) is 6.71. The Balaban J connectivity index is 1.78. The summed E-state index contributed by atoms with van der Waals surface area (Å²) in [6.45, 7) is 0.936. The molecule has 1 fully saturated rings. The number of nitrogens with zero attached hydrogens (tertiary/aromatic N) is 1. The first-order chi connectivity index (χ1) is 10.2. The molecule has 1 heterocycles. The van der Waals surface area contributed by atoms with Crippen LogP contribution in [0.4, 0.5) is 5.82 Å². The molecular weight excluding hydrogens is 278 g/mol. The van der Waals surface area contributed by atoms with E-state index in [1.54, 1.807) is 0 Å². The monoisotopic (exact) mass is 299 g/mol. The summed E-state index contributed by atoms with van der Waals surface area (Å²) in [7, 11) is 0. The third kappa shape index (κ3) is 3.32. The standard InChI is InChI=1S/C17H21N3S/c18-16(21)14-11-13-7-3-4-8-15(13)20-17(14)19-10-9-12-5-1-2-6-12/h3-4,7-8,11-12H,1-2,5-6,9-10H2,(H2,18,21)(H,19,20). The highest BCUT2D eigenvalue weighted by Gasteiger charge is 2.15. The molecule has 0 bridgehead atoms. The zero-order valence-electron chi connectivity index (χ0n) is 12.1. The Hall–Kier alpha value is -1.68. The summed E-state index contributed by atoms with van der Waals surface area (Å²) in [5.41, 5.74) is 7.67. The minimum atomic E-state index is 0.400. The summed E-state index contributed by atoms with van der Waals surface area (Å²) in [5.74, 6) is 1.69. The fourth-order valence-electron chi connectivity index (χ4n) is 3.13. The zero-order chi connectivity index (χ0) is 14.7. The number of aromatic nitrogens is 1. The molecule has 0 atom stereocenters. The van der Waals surface area contributed by atoms with Crippen LogP contribution in [0.2, 0.25) is 0 Å². The van der Waals surface area contributed by atoms with Crippen LogP contribution in [0.1, 0.15) is 37.7 Å². The minimum Gasteiger partial charge on any atom is -0.389 e. The van der Waals surface area contributed by atoms with E-state index in [0.29, 0.717) is 4.99 Å². The quantitative estimate of drug-likeness (QED) is 0.823. The highest BCUT2D eigenvalue weighted by Crippen LogP contribution is 2.27. The van der Waals surface area contributed by atoms with Crippen molar-refractivity contribution in [1.29, 1.82) is 0 Å². The lowest BCUT2D eigenvalue weighted by molar-refractivity contribution is 0.518. The molecule has 4 heteroatoms. The van der Waals surface area contributed by atoms with E-state index in [4.69, 9.17) is 18.0 Å². The molecular formula is C17H21N3S. The molecule has 21 heavy (non-hydrogen) atoms. The van der Waals surface area contributed by atoms with Gasteiger partial charge in [0.1, 0.15) is 10.8 Å². The van der Waals surface area contributed by atoms with E-state index in [-0.39, 0.29) is 0 Å². The molecule has 1 aromatic carbocycles. The van der Waals surface area contributed by atoms with Gasteiger partial charge in [0.25, 0.3) is 0 Å². The van der Waals surface area contributed by atoms with Crippen LogP contribution in [-0.4, -0.2) is 16.5 Å². The van der Waals surface area contributed by atoms with Crippen LogP contribution in [0.3, 0.4) is 0 Å². The number of hydrogen-bond donors (Lipinski definition) is 2. The first-order valence-electron chi connectivity index (χ1n) is 7.67. The van der Waals surface area contributed by atoms with Gasteiger partial charge in [0.15, 0.2) is 0 Å². The molecule has 0 radical (unpaired) electrons. The normalized spacial score (nSPS) is 15.4. The highest BCUT2D eigenvalue weighted by molar-refractivity contribution is 7.80. The highest BCUT2D eigenvalue weighted by atomic mass is 32.1. The van der Waals surface area contributed by atoms with E-state index in [2.05, 4.69) is 10.3 Å². The van der Waals surface area contributed by atoms with E-state index >= 15 is 0 Å². The lowest BCUT2D eigenvalue weighted by Crippen LogP contribution is -2.16. The molecule has 1 aliphatic carbocycles. The number of para-hydroxylation sites is 1. The number of pyridine rings is 1. The second-order valence-electron chi connectivity index (χ2n) is 5.81. The zero-order valence-corrected chi connectivity index (χ0v) is 13.0. The van der Waals surface area contributed by atoms with E-state index in [1.165, 1.54) is 32.1 Å². The topological polar surface area (TPSA) is 50.9 Å². The molecule has 0 spiro atoms. The van der Waals surface area contributed by atoms with Gasteiger partial charge in [-0.05, 0) is 24.5 Å². The molecule has 2 aromatic rings. The fourth-order valence-corrected chi connectivity index (χ4v) is 3.29. The molecule has 1 saturated carbocycles. The van der Waals surface area contributed by atoms with Crippen LogP contribution in [0.25, 0.3) is 10.9 Å². The molecule has 3 N–H and O–H groups in total. The predicted molar refractivity (Wildman–Crippen MR) is 92.7 cm³/mol. The largest absolute Gasteiger partial charge is 0.389 e. The van der Waals surface area contributed by atoms with Gasteiger partial charge in [0, 0.05) is 11.9 Å². The minimum absolute atomic E-state index is 0.400.